The third-order valence-electron chi connectivity index (χ3n) is 6.17. The fourth-order valence-corrected chi connectivity index (χ4v) is 5.03. The summed E-state index contributed by atoms with van der Waals surface area (Å²) >= 11 is 0. The van der Waals surface area contributed by atoms with E-state index >= 15 is 0 Å². The fraction of sp³-hybridized carbons (Fsp3) is 0.500. The van der Waals surface area contributed by atoms with Crippen molar-refractivity contribution in [2.24, 2.45) is 0 Å². The third-order valence-corrected chi connectivity index (χ3v) is 7.35. The van der Waals surface area contributed by atoms with Crippen molar-refractivity contribution < 1.29 is 22.7 Å². The molecule has 1 N–H and O–H groups in total. The van der Waals surface area contributed by atoms with Crippen LogP contribution < -0.4 is 14.4 Å². The van der Waals surface area contributed by atoms with Gasteiger partial charge in [0.25, 0.3) is 0 Å². The van der Waals surface area contributed by atoms with Crippen molar-refractivity contribution in [2.75, 3.05) is 23.7 Å². The first-order valence-electron chi connectivity index (χ1n) is 13.0. The van der Waals surface area contributed by atoms with Crippen LogP contribution in [0.1, 0.15) is 58.9 Å². The lowest BCUT2D eigenvalue weighted by molar-refractivity contribution is -0.141. The molecule has 2 aromatic rings. The quantitative estimate of drug-likeness (QED) is 0.369. The summed E-state index contributed by atoms with van der Waals surface area (Å²) in [5.41, 5.74) is 1.37. The van der Waals surface area contributed by atoms with Crippen LogP contribution in [0.4, 0.5) is 5.69 Å². The molecule has 2 amide bonds. The lowest BCUT2D eigenvalue weighted by Gasteiger charge is -2.32. The molecule has 2 aromatic carbocycles. The molecule has 2 atom stereocenters. The SMILES string of the molecule is CCOc1ccccc1N(CCCC(=O)N(Cc1ccccc1)[C@H](CC)C(=O)N[C@@H](C)CC)S(C)(=O)=O. The Morgan fingerprint density at radius 2 is 1.62 bits per heavy atom. The van der Waals surface area contributed by atoms with Crippen molar-refractivity contribution in [3.05, 3.63) is 60.2 Å². The van der Waals surface area contributed by atoms with Gasteiger partial charge in [0, 0.05) is 25.6 Å². The molecule has 0 spiro atoms. The van der Waals surface area contributed by atoms with Crippen LogP contribution in [-0.4, -0.2) is 56.6 Å². The van der Waals surface area contributed by atoms with Gasteiger partial charge in [0.2, 0.25) is 21.8 Å². The molecule has 0 aliphatic carbocycles. The molecule has 0 saturated carbocycles. The van der Waals surface area contributed by atoms with E-state index in [1.54, 1.807) is 29.2 Å². The van der Waals surface area contributed by atoms with E-state index < -0.39 is 16.1 Å². The predicted octanol–water partition coefficient (Wildman–Crippen LogP) is 4.35. The first-order chi connectivity index (χ1) is 17.6. The number of benzene rings is 2. The van der Waals surface area contributed by atoms with Crippen molar-refractivity contribution in [3.8, 4) is 5.75 Å². The summed E-state index contributed by atoms with van der Waals surface area (Å²) in [6.07, 6.45) is 2.80. The normalized spacial score (nSPS) is 12.9. The molecule has 9 heteroatoms. The molecule has 0 bridgehead atoms. The summed E-state index contributed by atoms with van der Waals surface area (Å²) in [5, 5.41) is 3.00. The highest BCUT2D eigenvalue weighted by Gasteiger charge is 2.29. The molecule has 2 rings (SSSR count). The van der Waals surface area contributed by atoms with Gasteiger partial charge < -0.3 is 15.0 Å². The average Bonchev–Trinajstić information content (AvgIpc) is 2.87. The van der Waals surface area contributed by atoms with Crippen LogP contribution in [0.3, 0.4) is 0 Å². The Morgan fingerprint density at radius 3 is 2.22 bits per heavy atom. The third kappa shape index (κ3) is 9.07. The summed E-state index contributed by atoms with van der Waals surface area (Å²) < 4.78 is 32.2. The Hall–Kier alpha value is -3.07. The molecule has 0 saturated heterocycles. The summed E-state index contributed by atoms with van der Waals surface area (Å²) in [6.45, 7) is 8.48. The maximum atomic E-state index is 13.5. The van der Waals surface area contributed by atoms with Gasteiger partial charge in [0.05, 0.1) is 18.6 Å². The number of carbonyl (C=O) groups is 2. The molecule has 0 aliphatic rings. The number of nitrogens with one attached hydrogen (secondary N) is 1. The summed E-state index contributed by atoms with van der Waals surface area (Å²) in [5.74, 6) is 0.103. The number of hydrogen-bond donors (Lipinski definition) is 1. The van der Waals surface area contributed by atoms with Gasteiger partial charge >= 0.3 is 0 Å². The van der Waals surface area contributed by atoms with Crippen molar-refractivity contribution in [2.45, 2.75) is 72.0 Å². The Morgan fingerprint density at radius 1 is 0.973 bits per heavy atom. The molecule has 204 valence electrons. The molecule has 0 unspecified atom stereocenters. The van der Waals surface area contributed by atoms with E-state index in [2.05, 4.69) is 5.32 Å². The first-order valence-corrected chi connectivity index (χ1v) is 14.8. The minimum atomic E-state index is -3.61. The molecule has 0 radical (unpaired) electrons. The highest BCUT2D eigenvalue weighted by Crippen LogP contribution is 2.30. The molecule has 8 nitrogen and oxygen atoms in total. The second kappa shape index (κ2) is 14.6. The highest BCUT2D eigenvalue weighted by atomic mass is 32.2. The maximum absolute atomic E-state index is 13.5. The average molecular weight is 532 g/mol. The minimum Gasteiger partial charge on any atom is -0.492 e. The topological polar surface area (TPSA) is 96.0 Å². The van der Waals surface area contributed by atoms with Gasteiger partial charge in [0.1, 0.15) is 11.8 Å². The number of carbonyl (C=O) groups excluding carboxylic acids is 2. The largest absolute Gasteiger partial charge is 0.492 e. The second-order valence-electron chi connectivity index (χ2n) is 9.09. The molecule has 0 fully saturated rings. The van der Waals surface area contributed by atoms with Crippen molar-refractivity contribution in [3.63, 3.8) is 0 Å². The van der Waals surface area contributed by atoms with Crippen molar-refractivity contribution >= 4 is 27.5 Å². The number of amides is 2. The van der Waals surface area contributed by atoms with E-state index in [1.165, 1.54) is 4.31 Å². The summed E-state index contributed by atoms with van der Waals surface area (Å²) in [4.78, 5) is 28.2. The Labute approximate surface area is 222 Å². The number of hydrogen-bond acceptors (Lipinski definition) is 5. The number of rotatable bonds is 15. The molecule has 0 aliphatic heterocycles. The van der Waals surface area contributed by atoms with Gasteiger partial charge in [0.15, 0.2) is 0 Å². The number of sulfonamides is 1. The molecule has 37 heavy (non-hydrogen) atoms. The Bertz CT molecular complexity index is 1110. The highest BCUT2D eigenvalue weighted by molar-refractivity contribution is 7.92. The van der Waals surface area contributed by atoms with Crippen LogP contribution in [0.5, 0.6) is 5.75 Å². The number of para-hydroxylation sites is 2. The fourth-order valence-electron chi connectivity index (χ4n) is 4.06. The monoisotopic (exact) mass is 531 g/mol. The molecular formula is C28H41N3O5S. The smallest absolute Gasteiger partial charge is 0.243 e. The van der Waals surface area contributed by atoms with Gasteiger partial charge in [-0.25, -0.2) is 8.42 Å². The van der Waals surface area contributed by atoms with Crippen LogP contribution >= 0.6 is 0 Å². The zero-order valence-corrected chi connectivity index (χ0v) is 23.5. The van der Waals surface area contributed by atoms with E-state index in [0.29, 0.717) is 37.4 Å². The van der Waals surface area contributed by atoms with Crippen molar-refractivity contribution in [1.29, 1.82) is 0 Å². The van der Waals surface area contributed by atoms with Gasteiger partial charge in [-0.1, -0.05) is 56.3 Å². The molecular weight excluding hydrogens is 490 g/mol. The number of ether oxygens (including phenoxy) is 1. The van der Waals surface area contributed by atoms with Gasteiger partial charge in [-0.05, 0) is 50.8 Å². The van der Waals surface area contributed by atoms with Crippen LogP contribution in [-0.2, 0) is 26.2 Å². The zero-order valence-electron chi connectivity index (χ0n) is 22.6. The standard InChI is InChI=1S/C28H41N3O5S/c1-6-22(4)29-28(33)24(7-2)30(21-23-15-10-9-11-16-23)27(32)19-14-20-31(37(5,34)35)25-17-12-13-18-26(25)36-8-3/h9-13,15-18,22,24H,6-8,14,19-21H2,1-5H3,(H,29,33)/t22-,24+/m0/s1. The van der Waals surface area contributed by atoms with E-state index in [4.69, 9.17) is 4.74 Å². The summed E-state index contributed by atoms with van der Waals surface area (Å²) in [6, 6.07) is 15.9. The summed E-state index contributed by atoms with van der Waals surface area (Å²) in [7, 11) is -3.61. The van der Waals surface area contributed by atoms with E-state index in [1.807, 2.05) is 58.0 Å². The first kappa shape index (κ1) is 30.2. The predicted molar refractivity (Wildman–Crippen MR) is 148 cm³/mol. The molecule has 0 aromatic heterocycles. The van der Waals surface area contributed by atoms with E-state index in [0.717, 1.165) is 18.2 Å². The van der Waals surface area contributed by atoms with Gasteiger partial charge in [-0.15, -0.1) is 0 Å². The number of anilines is 1. The van der Waals surface area contributed by atoms with Gasteiger partial charge in [-0.2, -0.15) is 0 Å². The number of nitrogens with zero attached hydrogens (tertiary/aromatic N) is 2. The van der Waals surface area contributed by atoms with Gasteiger partial charge in [-0.3, -0.25) is 13.9 Å². The van der Waals surface area contributed by atoms with Crippen LogP contribution in [0.2, 0.25) is 0 Å². The van der Waals surface area contributed by atoms with Crippen LogP contribution in [0, 0.1) is 0 Å². The van der Waals surface area contributed by atoms with E-state index in [9.17, 15) is 18.0 Å². The van der Waals surface area contributed by atoms with Crippen LogP contribution in [0.25, 0.3) is 0 Å². The lowest BCUT2D eigenvalue weighted by Crippen LogP contribution is -2.50. The lowest BCUT2D eigenvalue weighted by atomic mass is 10.1. The second-order valence-corrected chi connectivity index (χ2v) is 11.0. The van der Waals surface area contributed by atoms with Crippen LogP contribution in [0.15, 0.2) is 54.6 Å². The minimum absolute atomic E-state index is 0.00366. The van der Waals surface area contributed by atoms with E-state index in [-0.39, 0.29) is 30.8 Å². The Balaban J connectivity index is 2.23. The zero-order chi connectivity index (χ0) is 27.4. The molecule has 0 heterocycles. The van der Waals surface area contributed by atoms with Crippen molar-refractivity contribution in [1.82, 2.24) is 10.2 Å². The Kier molecular flexibility index (Phi) is 11.9. The maximum Gasteiger partial charge on any atom is 0.243 e.